The molecular formula is C15H14N2O2S. The van der Waals surface area contributed by atoms with E-state index in [1.165, 1.54) is 6.26 Å². The van der Waals surface area contributed by atoms with Crippen LogP contribution in [-0.2, 0) is 9.84 Å². The van der Waals surface area contributed by atoms with Crippen LogP contribution in [0.2, 0.25) is 0 Å². The van der Waals surface area contributed by atoms with Gasteiger partial charge >= 0.3 is 0 Å². The van der Waals surface area contributed by atoms with Crippen LogP contribution in [0.4, 0.5) is 0 Å². The van der Waals surface area contributed by atoms with Crippen LogP contribution in [0.15, 0.2) is 53.7 Å². The molecule has 0 fully saturated rings. The third kappa shape index (κ3) is 2.32. The molecule has 0 spiro atoms. The Hall–Kier alpha value is -2.14. The van der Waals surface area contributed by atoms with E-state index in [0.29, 0.717) is 4.90 Å². The molecule has 1 aromatic carbocycles. The SMILES string of the molecule is Cc1ccc2nc(-c3ccc(S(C)(=O)=O)cc3)cn2c1. The van der Waals surface area contributed by atoms with Gasteiger partial charge in [-0.3, -0.25) is 0 Å². The lowest BCUT2D eigenvalue weighted by molar-refractivity contribution is 0.602. The van der Waals surface area contributed by atoms with Crippen LogP contribution in [-0.4, -0.2) is 24.1 Å². The van der Waals surface area contributed by atoms with Crippen molar-refractivity contribution in [3.05, 3.63) is 54.4 Å². The Balaban J connectivity index is 2.07. The molecule has 20 heavy (non-hydrogen) atoms. The molecule has 2 aromatic heterocycles. The molecule has 0 aliphatic rings. The minimum Gasteiger partial charge on any atom is -0.306 e. The Labute approximate surface area is 117 Å². The second kappa shape index (κ2) is 4.45. The Morgan fingerprint density at radius 3 is 2.35 bits per heavy atom. The van der Waals surface area contributed by atoms with Gasteiger partial charge in [0, 0.05) is 24.2 Å². The fourth-order valence-corrected chi connectivity index (χ4v) is 2.75. The van der Waals surface area contributed by atoms with Crippen molar-refractivity contribution < 1.29 is 8.42 Å². The van der Waals surface area contributed by atoms with Gasteiger partial charge in [0.2, 0.25) is 0 Å². The number of benzene rings is 1. The van der Waals surface area contributed by atoms with E-state index in [1.807, 2.05) is 35.9 Å². The van der Waals surface area contributed by atoms with E-state index in [4.69, 9.17) is 0 Å². The Morgan fingerprint density at radius 1 is 1.00 bits per heavy atom. The highest BCUT2D eigenvalue weighted by atomic mass is 32.2. The zero-order chi connectivity index (χ0) is 14.3. The highest BCUT2D eigenvalue weighted by Crippen LogP contribution is 2.21. The molecule has 4 nitrogen and oxygen atoms in total. The van der Waals surface area contributed by atoms with Crippen molar-refractivity contribution in [3.63, 3.8) is 0 Å². The number of aromatic nitrogens is 2. The van der Waals surface area contributed by atoms with Gasteiger partial charge < -0.3 is 4.40 Å². The standard InChI is InChI=1S/C15H14N2O2S/c1-11-3-8-15-16-14(10-17(15)9-11)12-4-6-13(7-5-12)20(2,18)19/h3-10H,1-2H3. The van der Waals surface area contributed by atoms with Crippen molar-refractivity contribution in [2.75, 3.05) is 6.26 Å². The molecule has 0 unspecified atom stereocenters. The van der Waals surface area contributed by atoms with E-state index in [-0.39, 0.29) is 0 Å². The summed E-state index contributed by atoms with van der Waals surface area (Å²) in [6.07, 6.45) is 5.16. The van der Waals surface area contributed by atoms with E-state index in [9.17, 15) is 8.42 Å². The van der Waals surface area contributed by atoms with Crippen molar-refractivity contribution in [2.45, 2.75) is 11.8 Å². The van der Waals surface area contributed by atoms with Crippen LogP contribution in [0.1, 0.15) is 5.56 Å². The zero-order valence-corrected chi connectivity index (χ0v) is 12.1. The molecule has 3 rings (SSSR count). The molecule has 0 atom stereocenters. The Bertz CT molecular complexity index is 878. The fraction of sp³-hybridized carbons (Fsp3) is 0.133. The minimum atomic E-state index is -3.16. The smallest absolute Gasteiger partial charge is 0.175 e. The maximum atomic E-state index is 11.4. The molecule has 0 saturated heterocycles. The van der Waals surface area contributed by atoms with Crippen LogP contribution in [0, 0.1) is 6.92 Å². The van der Waals surface area contributed by atoms with E-state index >= 15 is 0 Å². The average Bonchev–Trinajstić information content (AvgIpc) is 2.80. The van der Waals surface area contributed by atoms with E-state index in [2.05, 4.69) is 4.98 Å². The van der Waals surface area contributed by atoms with Gasteiger partial charge in [-0.05, 0) is 30.7 Å². The van der Waals surface area contributed by atoms with Gasteiger partial charge in [-0.2, -0.15) is 0 Å². The topological polar surface area (TPSA) is 51.4 Å². The van der Waals surface area contributed by atoms with Crippen molar-refractivity contribution >= 4 is 15.5 Å². The molecule has 2 heterocycles. The van der Waals surface area contributed by atoms with Crippen molar-refractivity contribution in [2.24, 2.45) is 0 Å². The van der Waals surface area contributed by atoms with Gasteiger partial charge in [0.25, 0.3) is 0 Å². The number of imidazole rings is 1. The van der Waals surface area contributed by atoms with Crippen molar-refractivity contribution in [1.82, 2.24) is 9.38 Å². The first-order valence-electron chi connectivity index (χ1n) is 6.19. The van der Waals surface area contributed by atoms with Crippen LogP contribution in [0.5, 0.6) is 0 Å². The predicted octanol–water partition coefficient (Wildman–Crippen LogP) is 2.71. The van der Waals surface area contributed by atoms with E-state index < -0.39 is 9.84 Å². The average molecular weight is 286 g/mol. The third-order valence-electron chi connectivity index (χ3n) is 3.18. The highest BCUT2D eigenvalue weighted by molar-refractivity contribution is 7.90. The minimum absolute atomic E-state index is 0.320. The Morgan fingerprint density at radius 2 is 1.70 bits per heavy atom. The largest absolute Gasteiger partial charge is 0.306 e. The summed E-state index contributed by atoms with van der Waals surface area (Å²) in [7, 11) is -3.16. The lowest BCUT2D eigenvalue weighted by atomic mass is 10.2. The normalized spacial score (nSPS) is 11.9. The molecule has 0 N–H and O–H groups in total. The van der Waals surface area contributed by atoms with E-state index in [0.717, 1.165) is 22.5 Å². The molecule has 102 valence electrons. The maximum Gasteiger partial charge on any atom is 0.175 e. The number of aryl methyl sites for hydroxylation is 1. The second-order valence-corrected chi connectivity index (χ2v) is 6.91. The lowest BCUT2D eigenvalue weighted by Crippen LogP contribution is -1.96. The molecule has 5 heteroatoms. The molecule has 0 saturated carbocycles. The third-order valence-corrected chi connectivity index (χ3v) is 4.31. The number of pyridine rings is 1. The summed E-state index contributed by atoms with van der Waals surface area (Å²) in [6, 6.07) is 10.8. The first-order chi connectivity index (χ1) is 9.43. The summed E-state index contributed by atoms with van der Waals surface area (Å²) in [6.45, 7) is 2.03. The summed E-state index contributed by atoms with van der Waals surface area (Å²) in [5, 5.41) is 0. The number of fused-ring (bicyclic) bond motifs is 1. The molecular weight excluding hydrogens is 272 g/mol. The van der Waals surface area contributed by atoms with Gasteiger partial charge in [-0.25, -0.2) is 13.4 Å². The van der Waals surface area contributed by atoms with Gasteiger partial charge in [0.15, 0.2) is 9.84 Å². The number of hydrogen-bond donors (Lipinski definition) is 0. The molecule has 3 aromatic rings. The molecule has 0 aliphatic heterocycles. The zero-order valence-electron chi connectivity index (χ0n) is 11.2. The summed E-state index contributed by atoms with van der Waals surface area (Å²) in [5.74, 6) is 0. The van der Waals surface area contributed by atoms with Crippen molar-refractivity contribution in [1.29, 1.82) is 0 Å². The summed E-state index contributed by atoms with van der Waals surface area (Å²) in [5.41, 5.74) is 3.76. The first-order valence-corrected chi connectivity index (χ1v) is 8.08. The second-order valence-electron chi connectivity index (χ2n) is 4.89. The number of rotatable bonds is 2. The fourth-order valence-electron chi connectivity index (χ4n) is 2.12. The molecule has 0 aliphatic carbocycles. The maximum absolute atomic E-state index is 11.4. The van der Waals surface area contributed by atoms with Crippen molar-refractivity contribution in [3.8, 4) is 11.3 Å². The van der Waals surface area contributed by atoms with Crippen LogP contribution < -0.4 is 0 Å². The van der Waals surface area contributed by atoms with Crippen LogP contribution in [0.3, 0.4) is 0 Å². The van der Waals surface area contributed by atoms with Gasteiger partial charge in [-0.15, -0.1) is 0 Å². The number of nitrogens with zero attached hydrogens (tertiary/aromatic N) is 2. The summed E-state index contributed by atoms with van der Waals surface area (Å²) < 4.78 is 24.8. The highest BCUT2D eigenvalue weighted by Gasteiger charge is 2.08. The molecule has 0 bridgehead atoms. The summed E-state index contributed by atoms with van der Waals surface area (Å²) in [4.78, 5) is 4.85. The molecule has 0 amide bonds. The van der Waals surface area contributed by atoms with Gasteiger partial charge in [0.05, 0.1) is 10.6 Å². The Kier molecular flexibility index (Phi) is 2.87. The quantitative estimate of drug-likeness (QED) is 0.728. The monoisotopic (exact) mass is 286 g/mol. The van der Waals surface area contributed by atoms with Gasteiger partial charge in [0.1, 0.15) is 5.65 Å². The summed E-state index contributed by atoms with van der Waals surface area (Å²) >= 11 is 0. The number of sulfone groups is 1. The van der Waals surface area contributed by atoms with Crippen LogP contribution in [0.25, 0.3) is 16.9 Å². The van der Waals surface area contributed by atoms with Gasteiger partial charge in [-0.1, -0.05) is 18.2 Å². The predicted molar refractivity (Wildman–Crippen MR) is 78.5 cm³/mol. The first kappa shape index (κ1) is 12.9. The molecule has 0 radical (unpaired) electrons. The lowest BCUT2D eigenvalue weighted by Gasteiger charge is -1.99. The van der Waals surface area contributed by atoms with Crippen LogP contribution >= 0.6 is 0 Å². The number of hydrogen-bond acceptors (Lipinski definition) is 3. The van der Waals surface area contributed by atoms with E-state index in [1.54, 1.807) is 24.3 Å².